The van der Waals surface area contributed by atoms with E-state index in [0.29, 0.717) is 69.2 Å². The highest BCUT2D eigenvalue weighted by molar-refractivity contribution is 5.71. The third-order valence-electron chi connectivity index (χ3n) is 20.1. The fourth-order valence-electron chi connectivity index (χ4n) is 12.3. The first-order chi connectivity index (χ1) is 61.6. The Morgan fingerprint density at radius 2 is 0.586 bits per heavy atom. The van der Waals surface area contributed by atoms with E-state index in [9.17, 15) is 48.3 Å². The Balaban J connectivity index is 0.000000210. The fourth-order valence-corrected chi connectivity index (χ4v) is 12.3. The van der Waals surface area contributed by atoms with Crippen LogP contribution >= 0.6 is 0 Å². The first kappa shape index (κ1) is 100. The van der Waals surface area contributed by atoms with Crippen molar-refractivity contribution in [3.63, 3.8) is 0 Å². The number of hydrogen-bond acceptors (Lipinski definition) is 38. The Hall–Kier alpha value is -11.4. The molecule has 0 bridgehead atoms. The average molecular weight is 1810 g/mol. The van der Waals surface area contributed by atoms with Crippen LogP contribution < -0.4 is 23.7 Å². The molecule has 12 rings (SSSR count). The van der Waals surface area contributed by atoms with Crippen LogP contribution in [0.1, 0.15) is 96.0 Å². The summed E-state index contributed by atoms with van der Waals surface area (Å²) in [7, 11) is 0. The van der Waals surface area contributed by atoms with Crippen LogP contribution in [0.25, 0.3) is 0 Å². The van der Waals surface area contributed by atoms with Crippen LogP contribution in [0.15, 0.2) is 121 Å². The molecule has 11 unspecified atom stereocenters. The van der Waals surface area contributed by atoms with E-state index in [-0.39, 0.29) is 179 Å². The van der Waals surface area contributed by atoms with Crippen molar-refractivity contribution in [1.29, 1.82) is 0 Å². The SMILES string of the molecule is CC(C)(c1ccc(OCC(O)COc2ccc(C(C)(C)c3ccc(OCC4COC(=O)O4)cc3)cc2)cc1)c1ccc(OCC2COC(=O)O2)cc1.CC(COCC1COC(=O)O1)OCCOC(C)COCC1COC(=O)O1.CCC(COCC(CC)COC(=O)COCC1COC(=O)O1)COC(=O)COCC1COC(=O)O1.Cc1ccc(OCC2COC(=O)O2)cc1. The number of benzene rings is 5. The molecule has 0 aromatic heterocycles. The number of aryl methyl sites for hydroxylation is 1. The molecule has 7 heterocycles. The van der Waals surface area contributed by atoms with E-state index in [1.165, 1.54) is 5.56 Å². The lowest BCUT2D eigenvalue weighted by molar-refractivity contribution is -0.152. The number of ether oxygens (including phenoxy) is 28. The lowest BCUT2D eigenvalue weighted by Crippen LogP contribution is -2.26. The van der Waals surface area contributed by atoms with Gasteiger partial charge in [0.2, 0.25) is 0 Å². The van der Waals surface area contributed by atoms with Gasteiger partial charge in [0.05, 0.1) is 91.5 Å². The van der Waals surface area contributed by atoms with Gasteiger partial charge >= 0.3 is 55.0 Å². The van der Waals surface area contributed by atoms with Crippen LogP contribution in [0.2, 0.25) is 0 Å². The first-order valence-corrected chi connectivity index (χ1v) is 42.2. The third kappa shape index (κ3) is 36.4. The Bertz CT molecular complexity index is 3970. The van der Waals surface area contributed by atoms with Gasteiger partial charge in [0.15, 0.2) is 42.7 Å². The van der Waals surface area contributed by atoms with E-state index in [2.05, 4.69) is 51.4 Å². The van der Waals surface area contributed by atoms with Crippen LogP contribution in [0, 0.1) is 18.8 Å². The normalized spacial score (nSPS) is 20.2. The highest BCUT2D eigenvalue weighted by Crippen LogP contribution is 2.36. The first-order valence-electron chi connectivity index (χ1n) is 42.2. The van der Waals surface area contributed by atoms with Gasteiger partial charge in [0.1, 0.15) is 127 Å². The van der Waals surface area contributed by atoms with E-state index >= 15 is 0 Å². The number of aliphatic hydroxyl groups excluding tert-OH is 1. The van der Waals surface area contributed by atoms with Gasteiger partial charge in [0.25, 0.3) is 0 Å². The second-order valence-corrected chi connectivity index (χ2v) is 31.4. The number of hydrogen-bond donors (Lipinski definition) is 1. The quantitative estimate of drug-likeness (QED) is 0.0215. The summed E-state index contributed by atoms with van der Waals surface area (Å²) in [6.07, 6.45) is -7.13. The zero-order valence-electron chi connectivity index (χ0n) is 73.3. The maximum Gasteiger partial charge on any atom is 0.508 e. The molecule has 7 fully saturated rings. The summed E-state index contributed by atoms with van der Waals surface area (Å²) in [4.78, 5) is 99.6. The van der Waals surface area contributed by atoms with Gasteiger partial charge in [-0.2, -0.15) is 0 Å². The van der Waals surface area contributed by atoms with Crippen molar-refractivity contribution in [2.45, 2.75) is 147 Å². The second kappa shape index (κ2) is 52.8. The molecule has 0 amide bonds. The Morgan fingerprint density at radius 1 is 0.336 bits per heavy atom. The summed E-state index contributed by atoms with van der Waals surface area (Å²) in [5.74, 6) is 2.41. The number of esters is 2. The molecular weight excluding hydrogens is 1690 g/mol. The molecule has 11 atom stereocenters. The standard InChI is InChI=1S/C41H44O11.C22H34O13.C16H26O10.C11H12O4/c1-40(2,29-9-17-34(18-10-29)47-23-36-25-49-38(43)51-36)27-5-13-32(14-6-27)45-21-31(42)22-46-33-15-7-28(8-16-33)41(3,4)30-11-19-35(20-12-30)48-24-37-26-50-39(44)52-37;1-3-15(7-30-19(23)13-28-9-17-11-32-21(25)34-17)5-27-6-16(4-2)8-31-20(24)14-29-10-18-12-33-22(26)35-18;1-11(5-19-7-13-9-23-15(17)25-13)21-3-4-22-12(2)6-20-8-14-10-24-16(18)26-14;1-8-2-4-9(5-3-8)13-6-10-7-14-11(12)15-10/h5-20,31,36-37,42H,21-26H2,1-4H3;15-18H,3-14H2,1-2H3;11-14H,3-10H2,1-2H3;2-5,10H,6-7H2,1H3. The van der Waals surface area contributed by atoms with Gasteiger partial charge in [-0.15, -0.1) is 0 Å². The van der Waals surface area contributed by atoms with Crippen molar-refractivity contribution in [3.8, 4) is 28.7 Å². The number of cyclic esters (lactones) is 14. The van der Waals surface area contributed by atoms with Crippen molar-refractivity contribution >= 4 is 55.0 Å². The Morgan fingerprint density at radius 3 is 0.844 bits per heavy atom. The van der Waals surface area contributed by atoms with Crippen molar-refractivity contribution in [1.82, 2.24) is 0 Å². The van der Waals surface area contributed by atoms with Crippen LogP contribution in [0.3, 0.4) is 0 Å². The minimum atomic E-state index is -0.824. The lowest BCUT2D eigenvalue weighted by atomic mass is 9.78. The fraction of sp³-hybridized carbons (Fsp3) is 0.567. The number of aliphatic hydroxyl groups is 1. The molecule has 7 aliphatic heterocycles. The maximum atomic E-state index is 11.8. The summed E-state index contributed by atoms with van der Waals surface area (Å²) in [5, 5.41) is 10.6. The number of carbonyl (C=O) groups is 9. The number of carbonyl (C=O) groups excluding carboxylic acids is 9. The predicted octanol–water partition coefficient (Wildman–Crippen LogP) is 11.0. The van der Waals surface area contributed by atoms with Gasteiger partial charge in [-0.3, -0.25) is 0 Å². The third-order valence-corrected chi connectivity index (χ3v) is 20.1. The largest absolute Gasteiger partial charge is 0.508 e. The van der Waals surface area contributed by atoms with Crippen LogP contribution in [0.4, 0.5) is 33.6 Å². The molecule has 38 heteroatoms. The van der Waals surface area contributed by atoms with Gasteiger partial charge in [-0.05, 0) is 117 Å². The summed E-state index contributed by atoms with van der Waals surface area (Å²) in [6, 6.07) is 39.1. The average Bonchev–Trinajstić information content (AvgIpc) is 0.985. The minimum absolute atomic E-state index is 0.00487. The van der Waals surface area contributed by atoms with E-state index in [1.54, 1.807) is 0 Å². The summed E-state index contributed by atoms with van der Waals surface area (Å²) in [6.45, 7) is 23.5. The van der Waals surface area contributed by atoms with E-state index < -0.39 is 85.5 Å². The summed E-state index contributed by atoms with van der Waals surface area (Å²) >= 11 is 0. The predicted molar refractivity (Wildman–Crippen MR) is 443 cm³/mol. The van der Waals surface area contributed by atoms with Gasteiger partial charge < -0.3 is 138 Å². The van der Waals surface area contributed by atoms with Gasteiger partial charge in [-0.25, -0.2) is 43.2 Å². The zero-order chi connectivity index (χ0) is 91.6. The highest BCUT2D eigenvalue weighted by atomic mass is 16.8. The molecule has 128 heavy (non-hydrogen) atoms. The molecule has 7 aliphatic rings. The molecule has 5 aromatic carbocycles. The molecule has 0 aliphatic carbocycles. The Kier molecular flexibility index (Phi) is 41.4. The van der Waals surface area contributed by atoms with Crippen LogP contribution in [0.5, 0.6) is 28.7 Å². The topological polar surface area (TPSA) is 432 Å². The van der Waals surface area contributed by atoms with Crippen molar-refractivity contribution < 1.29 is 181 Å². The molecule has 704 valence electrons. The molecular formula is C90H116O38. The van der Waals surface area contributed by atoms with Crippen LogP contribution in [-0.2, 0) is 129 Å². The molecule has 1 N–H and O–H groups in total. The second-order valence-electron chi connectivity index (χ2n) is 31.4. The minimum Gasteiger partial charge on any atom is -0.491 e. The maximum absolute atomic E-state index is 11.8. The van der Waals surface area contributed by atoms with Gasteiger partial charge in [0, 0.05) is 22.7 Å². The van der Waals surface area contributed by atoms with Crippen molar-refractivity contribution in [3.05, 3.63) is 149 Å². The molecule has 0 spiro atoms. The van der Waals surface area contributed by atoms with Crippen molar-refractivity contribution in [2.75, 3.05) is 172 Å². The monoisotopic (exact) mass is 1800 g/mol. The molecule has 0 radical (unpaired) electrons. The molecule has 5 aromatic rings. The smallest absolute Gasteiger partial charge is 0.491 e. The lowest BCUT2D eigenvalue weighted by Gasteiger charge is -2.27. The highest BCUT2D eigenvalue weighted by Gasteiger charge is 2.33. The molecule has 38 nitrogen and oxygen atoms in total. The van der Waals surface area contributed by atoms with E-state index in [0.717, 1.165) is 40.8 Å². The zero-order valence-corrected chi connectivity index (χ0v) is 73.3. The summed E-state index contributed by atoms with van der Waals surface area (Å²) in [5.41, 5.74) is 5.03. The van der Waals surface area contributed by atoms with E-state index in [4.69, 9.17) is 109 Å². The Labute approximate surface area is 741 Å². The summed E-state index contributed by atoms with van der Waals surface area (Å²) < 4.78 is 144. The van der Waals surface area contributed by atoms with Crippen molar-refractivity contribution in [2.24, 2.45) is 11.8 Å². The van der Waals surface area contributed by atoms with Crippen LogP contribution in [-0.4, -0.2) is 293 Å². The van der Waals surface area contributed by atoms with Gasteiger partial charge in [-0.1, -0.05) is 108 Å². The molecule has 7 saturated heterocycles. The molecule has 0 saturated carbocycles. The van der Waals surface area contributed by atoms with E-state index in [1.807, 2.05) is 156 Å². The number of rotatable bonds is 50.